The topological polar surface area (TPSA) is 50.7 Å². The van der Waals surface area contributed by atoms with Crippen LogP contribution in [0.1, 0.15) is 47.5 Å². The van der Waals surface area contributed by atoms with E-state index in [1.54, 1.807) is 11.3 Å². The molecule has 0 spiro atoms. The van der Waals surface area contributed by atoms with Gasteiger partial charge in [-0.1, -0.05) is 24.9 Å². The third-order valence-electron chi connectivity index (χ3n) is 3.08. The van der Waals surface area contributed by atoms with Gasteiger partial charge < -0.3 is 5.32 Å². The van der Waals surface area contributed by atoms with Crippen LogP contribution < -0.4 is 5.32 Å². The van der Waals surface area contributed by atoms with Crippen LogP contribution in [0.2, 0.25) is 5.15 Å². The minimum Gasteiger partial charge on any atom is -0.362 e. The molecule has 2 heterocycles. The fourth-order valence-electron chi connectivity index (χ4n) is 2.21. The Kier molecular flexibility index (Phi) is 4.94. The van der Waals surface area contributed by atoms with E-state index >= 15 is 0 Å². The number of nitrogens with zero attached hydrogens (tertiary/aromatic N) is 3. The number of hydrogen-bond donors (Lipinski definition) is 1. The van der Waals surface area contributed by atoms with Gasteiger partial charge in [-0.15, -0.1) is 11.3 Å². The van der Waals surface area contributed by atoms with Gasteiger partial charge in [0.05, 0.1) is 16.7 Å². The van der Waals surface area contributed by atoms with Crippen molar-refractivity contribution in [2.24, 2.45) is 0 Å². The lowest BCUT2D eigenvalue weighted by Gasteiger charge is -2.16. The fraction of sp³-hybridized carbons (Fsp3) is 0.500. The molecule has 2 aromatic rings. The Labute approximate surface area is 128 Å². The molecule has 1 atom stereocenters. The summed E-state index contributed by atoms with van der Waals surface area (Å²) in [5.74, 6) is 0.824. The molecule has 0 aliphatic rings. The predicted molar refractivity (Wildman–Crippen MR) is 84.7 cm³/mol. The molecule has 0 aromatic carbocycles. The largest absolute Gasteiger partial charge is 0.362 e. The van der Waals surface area contributed by atoms with Crippen molar-refractivity contribution in [1.29, 1.82) is 0 Å². The first kappa shape index (κ1) is 15.2. The molecule has 0 amide bonds. The number of nitrogens with one attached hydrogen (secondary N) is 1. The third kappa shape index (κ3) is 3.27. The molecule has 0 aliphatic heterocycles. The molecule has 20 heavy (non-hydrogen) atoms. The first-order chi connectivity index (χ1) is 9.52. The van der Waals surface area contributed by atoms with Gasteiger partial charge in [0.2, 0.25) is 0 Å². The van der Waals surface area contributed by atoms with Crippen molar-refractivity contribution in [3.05, 3.63) is 32.6 Å². The molecule has 0 saturated carbocycles. The highest BCUT2D eigenvalue weighted by Crippen LogP contribution is 2.29. The van der Waals surface area contributed by atoms with Crippen molar-refractivity contribution >= 4 is 28.8 Å². The van der Waals surface area contributed by atoms with Crippen molar-refractivity contribution in [3.8, 4) is 0 Å². The van der Waals surface area contributed by atoms with Crippen molar-refractivity contribution < 1.29 is 0 Å². The van der Waals surface area contributed by atoms with Gasteiger partial charge in [-0.3, -0.25) is 0 Å². The van der Waals surface area contributed by atoms with Crippen molar-refractivity contribution in [2.75, 3.05) is 5.32 Å². The summed E-state index contributed by atoms with van der Waals surface area (Å²) in [6.07, 6.45) is 3.38. The second kappa shape index (κ2) is 6.50. The maximum absolute atomic E-state index is 6.17. The van der Waals surface area contributed by atoms with Gasteiger partial charge >= 0.3 is 0 Å². The Morgan fingerprint density at radius 3 is 2.70 bits per heavy atom. The van der Waals surface area contributed by atoms with Gasteiger partial charge in [-0.05, 0) is 27.2 Å². The summed E-state index contributed by atoms with van der Waals surface area (Å²) in [6.45, 7) is 8.30. The van der Waals surface area contributed by atoms with Crippen molar-refractivity contribution in [3.63, 3.8) is 0 Å². The van der Waals surface area contributed by atoms with Crippen molar-refractivity contribution in [1.82, 2.24) is 15.0 Å². The fourth-order valence-corrected chi connectivity index (χ4v) is 3.36. The molecule has 0 bridgehead atoms. The van der Waals surface area contributed by atoms with Crippen LogP contribution in [0.15, 0.2) is 6.33 Å². The lowest BCUT2D eigenvalue weighted by Crippen LogP contribution is -2.10. The van der Waals surface area contributed by atoms with Crippen LogP contribution in [0.5, 0.6) is 0 Å². The smallest absolute Gasteiger partial charge is 0.137 e. The normalized spacial score (nSPS) is 12.4. The summed E-state index contributed by atoms with van der Waals surface area (Å²) < 4.78 is 0. The maximum Gasteiger partial charge on any atom is 0.137 e. The highest BCUT2D eigenvalue weighted by molar-refractivity contribution is 7.11. The first-order valence-electron chi connectivity index (χ1n) is 6.72. The van der Waals surface area contributed by atoms with Crippen LogP contribution in [0, 0.1) is 13.8 Å². The van der Waals surface area contributed by atoms with E-state index in [0.717, 1.165) is 34.9 Å². The number of anilines is 1. The number of aryl methyl sites for hydroxylation is 2. The lowest BCUT2D eigenvalue weighted by atomic mass is 10.1. The summed E-state index contributed by atoms with van der Waals surface area (Å²) in [5, 5.41) is 5.06. The molecule has 0 fully saturated rings. The molecule has 6 heteroatoms. The van der Waals surface area contributed by atoms with E-state index in [4.69, 9.17) is 11.6 Å². The van der Waals surface area contributed by atoms with Crippen LogP contribution >= 0.6 is 22.9 Å². The quantitative estimate of drug-likeness (QED) is 0.835. The highest BCUT2D eigenvalue weighted by atomic mass is 35.5. The molecular formula is C14H19ClN4S. The van der Waals surface area contributed by atoms with E-state index in [0.29, 0.717) is 5.15 Å². The number of hydrogen-bond acceptors (Lipinski definition) is 5. The lowest BCUT2D eigenvalue weighted by molar-refractivity contribution is 0.850. The van der Waals surface area contributed by atoms with Crippen LogP contribution in [0.25, 0.3) is 0 Å². The number of aromatic nitrogens is 3. The van der Waals surface area contributed by atoms with Gasteiger partial charge in [0, 0.05) is 10.4 Å². The average molecular weight is 311 g/mol. The van der Waals surface area contributed by atoms with Crippen molar-refractivity contribution in [2.45, 2.75) is 46.6 Å². The average Bonchev–Trinajstić information content (AvgIpc) is 2.73. The second-order valence-electron chi connectivity index (χ2n) is 4.79. The summed E-state index contributed by atoms with van der Waals surface area (Å²) in [4.78, 5) is 14.1. The van der Waals surface area contributed by atoms with Gasteiger partial charge in [0.15, 0.2) is 0 Å². The van der Waals surface area contributed by atoms with Crippen LogP contribution in [-0.2, 0) is 6.42 Å². The van der Waals surface area contributed by atoms with E-state index < -0.39 is 0 Å². The molecule has 0 aliphatic carbocycles. The second-order valence-corrected chi connectivity index (χ2v) is 6.38. The molecule has 2 rings (SSSR count). The zero-order valence-electron chi connectivity index (χ0n) is 12.2. The zero-order valence-corrected chi connectivity index (χ0v) is 13.8. The summed E-state index contributed by atoms with van der Waals surface area (Å²) >= 11 is 7.89. The monoisotopic (exact) mass is 310 g/mol. The molecule has 0 radical (unpaired) electrons. The Hall–Kier alpha value is -1.20. The summed E-state index contributed by atoms with van der Waals surface area (Å²) in [5.41, 5.74) is 2.06. The third-order valence-corrected chi connectivity index (χ3v) is 4.66. The van der Waals surface area contributed by atoms with Crippen LogP contribution in [0.4, 0.5) is 5.82 Å². The summed E-state index contributed by atoms with van der Waals surface area (Å²) in [6, 6.07) is 0.155. The van der Waals surface area contributed by atoms with Crippen LogP contribution in [-0.4, -0.2) is 15.0 Å². The van der Waals surface area contributed by atoms with E-state index in [1.165, 1.54) is 11.2 Å². The Morgan fingerprint density at radius 1 is 1.35 bits per heavy atom. The number of rotatable bonds is 5. The molecule has 108 valence electrons. The van der Waals surface area contributed by atoms with E-state index in [9.17, 15) is 0 Å². The number of halogens is 1. The zero-order chi connectivity index (χ0) is 14.7. The Bertz CT molecular complexity index is 597. The minimum atomic E-state index is 0.155. The minimum absolute atomic E-state index is 0.155. The van der Waals surface area contributed by atoms with Gasteiger partial charge in [0.25, 0.3) is 0 Å². The SMILES string of the molecule is CCCc1c(Cl)ncnc1NC(C)c1sc(C)nc1C. The summed E-state index contributed by atoms with van der Waals surface area (Å²) in [7, 11) is 0. The van der Waals surface area contributed by atoms with E-state index in [1.807, 2.05) is 13.8 Å². The van der Waals surface area contributed by atoms with Gasteiger partial charge in [0.1, 0.15) is 17.3 Å². The van der Waals surface area contributed by atoms with E-state index in [2.05, 4.69) is 34.1 Å². The maximum atomic E-state index is 6.17. The van der Waals surface area contributed by atoms with E-state index in [-0.39, 0.29) is 6.04 Å². The van der Waals surface area contributed by atoms with Gasteiger partial charge in [-0.2, -0.15) is 0 Å². The molecule has 0 saturated heterocycles. The number of thiazole rings is 1. The molecule has 1 N–H and O–H groups in total. The first-order valence-corrected chi connectivity index (χ1v) is 7.92. The Balaban J connectivity index is 2.25. The predicted octanol–water partition coefficient (Wildman–Crippen LogP) is 4.33. The standard InChI is InChI=1S/C14H19ClN4S/c1-5-6-11-13(15)16-7-17-14(11)19-9(3)12-8(2)18-10(4)20-12/h7,9H,5-6H2,1-4H3,(H,16,17,19). The Morgan fingerprint density at radius 2 is 2.10 bits per heavy atom. The highest BCUT2D eigenvalue weighted by Gasteiger charge is 2.16. The molecular weight excluding hydrogens is 292 g/mol. The molecule has 4 nitrogen and oxygen atoms in total. The molecule has 2 aromatic heterocycles. The van der Waals surface area contributed by atoms with Crippen LogP contribution in [0.3, 0.4) is 0 Å². The molecule has 1 unspecified atom stereocenters. The van der Waals surface area contributed by atoms with Gasteiger partial charge in [-0.25, -0.2) is 15.0 Å².